The van der Waals surface area contributed by atoms with Crippen LogP contribution in [0.1, 0.15) is 26.8 Å². The normalized spacial score (nSPS) is 14.2. The number of carbonyl (C=O) groups excluding carboxylic acids is 1. The van der Waals surface area contributed by atoms with Crippen molar-refractivity contribution in [2.24, 2.45) is 11.8 Å². The predicted molar refractivity (Wildman–Crippen MR) is 63.7 cm³/mol. The van der Waals surface area contributed by atoms with Crippen LogP contribution in [-0.2, 0) is 9.59 Å². The summed E-state index contributed by atoms with van der Waals surface area (Å²) < 4.78 is 1.42. The van der Waals surface area contributed by atoms with Gasteiger partial charge in [0, 0.05) is 6.54 Å². The van der Waals surface area contributed by atoms with Gasteiger partial charge in [-0.15, -0.1) is 0 Å². The second-order valence-corrected chi connectivity index (χ2v) is 4.49. The number of aromatic nitrogens is 3. The second-order valence-electron chi connectivity index (χ2n) is 4.49. The van der Waals surface area contributed by atoms with Gasteiger partial charge >= 0.3 is 5.97 Å². The van der Waals surface area contributed by atoms with Gasteiger partial charge in [-0.1, -0.05) is 13.8 Å². The lowest BCUT2D eigenvalue weighted by molar-refractivity contribution is -0.143. The highest BCUT2D eigenvalue weighted by Crippen LogP contribution is 2.10. The molecule has 0 aliphatic carbocycles. The average Bonchev–Trinajstić information content (AvgIpc) is 2.80. The van der Waals surface area contributed by atoms with Crippen LogP contribution in [0.3, 0.4) is 0 Å². The molecule has 2 unspecified atom stereocenters. The topological polar surface area (TPSA) is 97.1 Å². The molecule has 1 rings (SSSR count). The number of rotatable bonds is 6. The Morgan fingerprint density at radius 1 is 1.39 bits per heavy atom. The van der Waals surface area contributed by atoms with Crippen LogP contribution in [0.4, 0.5) is 0 Å². The number of aliphatic carboxylic acids is 1. The van der Waals surface area contributed by atoms with Crippen LogP contribution in [0.25, 0.3) is 0 Å². The summed E-state index contributed by atoms with van der Waals surface area (Å²) in [5, 5.41) is 15.5. The Morgan fingerprint density at radius 2 is 2.06 bits per heavy atom. The van der Waals surface area contributed by atoms with Crippen molar-refractivity contribution in [3.05, 3.63) is 12.7 Å². The zero-order valence-electron chi connectivity index (χ0n) is 10.7. The minimum absolute atomic E-state index is 0.0375. The van der Waals surface area contributed by atoms with E-state index in [1.54, 1.807) is 6.92 Å². The van der Waals surface area contributed by atoms with E-state index in [0.29, 0.717) is 0 Å². The minimum atomic E-state index is -0.904. The maximum Gasteiger partial charge on any atom is 0.308 e. The van der Waals surface area contributed by atoms with Crippen LogP contribution in [0.15, 0.2) is 12.7 Å². The number of carboxylic acid groups (broad SMARTS) is 1. The fourth-order valence-electron chi connectivity index (χ4n) is 1.50. The molecule has 1 heterocycles. The van der Waals surface area contributed by atoms with Crippen LogP contribution in [0, 0.1) is 11.8 Å². The van der Waals surface area contributed by atoms with E-state index < -0.39 is 17.9 Å². The van der Waals surface area contributed by atoms with Gasteiger partial charge in [-0.25, -0.2) is 9.67 Å². The Labute approximate surface area is 105 Å². The first kappa shape index (κ1) is 14.1. The van der Waals surface area contributed by atoms with Crippen molar-refractivity contribution in [2.45, 2.75) is 26.8 Å². The maximum atomic E-state index is 11.8. The van der Waals surface area contributed by atoms with Crippen molar-refractivity contribution in [1.82, 2.24) is 20.1 Å². The molecule has 0 fully saturated rings. The average molecular weight is 254 g/mol. The minimum Gasteiger partial charge on any atom is -0.481 e. The highest BCUT2D eigenvalue weighted by Gasteiger charge is 2.23. The van der Waals surface area contributed by atoms with Gasteiger partial charge in [-0.2, -0.15) is 5.10 Å². The summed E-state index contributed by atoms with van der Waals surface area (Å²) >= 11 is 0. The first-order chi connectivity index (χ1) is 8.43. The molecule has 18 heavy (non-hydrogen) atoms. The molecular formula is C11H18N4O3. The van der Waals surface area contributed by atoms with Gasteiger partial charge in [0.15, 0.2) is 0 Å². The molecule has 0 spiro atoms. The van der Waals surface area contributed by atoms with E-state index in [0.717, 1.165) is 0 Å². The highest BCUT2D eigenvalue weighted by atomic mass is 16.4. The zero-order chi connectivity index (χ0) is 13.7. The van der Waals surface area contributed by atoms with Crippen LogP contribution in [0.5, 0.6) is 0 Å². The SMILES string of the molecule is CC(C)C(CNC(=O)C(C)n1cncn1)C(=O)O. The molecule has 0 aliphatic heterocycles. The predicted octanol–water partition coefficient (Wildman–Crippen LogP) is 0.312. The quantitative estimate of drug-likeness (QED) is 0.761. The molecular weight excluding hydrogens is 236 g/mol. The maximum absolute atomic E-state index is 11.8. The third kappa shape index (κ3) is 3.54. The summed E-state index contributed by atoms with van der Waals surface area (Å²) in [7, 11) is 0. The number of carbonyl (C=O) groups is 2. The van der Waals surface area contributed by atoms with E-state index in [9.17, 15) is 9.59 Å². The summed E-state index contributed by atoms with van der Waals surface area (Å²) in [5.74, 6) is -1.80. The lowest BCUT2D eigenvalue weighted by atomic mass is 9.96. The van der Waals surface area contributed by atoms with Crippen molar-refractivity contribution >= 4 is 11.9 Å². The molecule has 0 saturated heterocycles. The number of nitrogens with zero attached hydrogens (tertiary/aromatic N) is 3. The number of hydrogen-bond donors (Lipinski definition) is 2. The fraction of sp³-hybridized carbons (Fsp3) is 0.636. The number of carboxylic acids is 1. The zero-order valence-corrected chi connectivity index (χ0v) is 10.7. The Hall–Kier alpha value is -1.92. The van der Waals surface area contributed by atoms with Gasteiger partial charge in [0.1, 0.15) is 18.7 Å². The molecule has 7 nitrogen and oxygen atoms in total. The van der Waals surface area contributed by atoms with Crippen molar-refractivity contribution < 1.29 is 14.7 Å². The summed E-state index contributed by atoms with van der Waals surface area (Å²) in [5.41, 5.74) is 0. The van der Waals surface area contributed by atoms with Crippen LogP contribution >= 0.6 is 0 Å². The van der Waals surface area contributed by atoms with E-state index in [1.165, 1.54) is 17.3 Å². The third-order valence-electron chi connectivity index (χ3n) is 2.83. The van der Waals surface area contributed by atoms with Crippen LogP contribution < -0.4 is 5.32 Å². The number of nitrogens with one attached hydrogen (secondary N) is 1. The standard InChI is InChI=1S/C11H18N4O3/c1-7(2)9(11(17)18)4-13-10(16)8(3)15-6-12-5-14-15/h5-9H,4H2,1-3H3,(H,13,16)(H,17,18). The van der Waals surface area contributed by atoms with Gasteiger partial charge in [0.05, 0.1) is 5.92 Å². The molecule has 0 radical (unpaired) electrons. The number of amides is 1. The summed E-state index contributed by atoms with van der Waals surface area (Å²) in [6.07, 6.45) is 2.79. The van der Waals surface area contributed by atoms with Crippen molar-refractivity contribution in [2.75, 3.05) is 6.54 Å². The van der Waals surface area contributed by atoms with E-state index in [2.05, 4.69) is 15.4 Å². The van der Waals surface area contributed by atoms with Gasteiger partial charge in [-0.05, 0) is 12.8 Å². The van der Waals surface area contributed by atoms with Crippen LogP contribution in [0.2, 0.25) is 0 Å². The lowest BCUT2D eigenvalue weighted by Gasteiger charge is -2.18. The Morgan fingerprint density at radius 3 is 2.50 bits per heavy atom. The van der Waals surface area contributed by atoms with Gasteiger partial charge in [0.25, 0.3) is 0 Å². The highest BCUT2D eigenvalue weighted by molar-refractivity contribution is 5.80. The smallest absolute Gasteiger partial charge is 0.308 e. The molecule has 1 aromatic heterocycles. The van der Waals surface area contributed by atoms with E-state index in [1.807, 2.05) is 13.8 Å². The Balaban J connectivity index is 2.52. The van der Waals surface area contributed by atoms with E-state index in [-0.39, 0.29) is 18.4 Å². The molecule has 1 amide bonds. The van der Waals surface area contributed by atoms with Crippen molar-refractivity contribution in [3.8, 4) is 0 Å². The van der Waals surface area contributed by atoms with Gasteiger partial charge in [-0.3, -0.25) is 9.59 Å². The van der Waals surface area contributed by atoms with Crippen molar-refractivity contribution in [3.63, 3.8) is 0 Å². The van der Waals surface area contributed by atoms with Gasteiger partial charge < -0.3 is 10.4 Å². The molecule has 0 bridgehead atoms. The molecule has 0 aromatic carbocycles. The first-order valence-corrected chi connectivity index (χ1v) is 5.78. The molecule has 2 N–H and O–H groups in total. The first-order valence-electron chi connectivity index (χ1n) is 5.78. The third-order valence-corrected chi connectivity index (χ3v) is 2.83. The molecule has 2 atom stereocenters. The largest absolute Gasteiger partial charge is 0.481 e. The van der Waals surface area contributed by atoms with Gasteiger partial charge in [0.2, 0.25) is 5.91 Å². The van der Waals surface area contributed by atoms with Crippen LogP contribution in [-0.4, -0.2) is 38.3 Å². The second kappa shape index (κ2) is 6.13. The summed E-state index contributed by atoms with van der Waals surface area (Å²) in [6.45, 7) is 5.41. The Kier molecular flexibility index (Phi) is 4.82. The van der Waals surface area contributed by atoms with E-state index >= 15 is 0 Å². The summed E-state index contributed by atoms with van der Waals surface area (Å²) in [4.78, 5) is 26.5. The number of hydrogen-bond acceptors (Lipinski definition) is 4. The fourth-order valence-corrected chi connectivity index (χ4v) is 1.50. The van der Waals surface area contributed by atoms with E-state index in [4.69, 9.17) is 5.11 Å². The monoisotopic (exact) mass is 254 g/mol. The summed E-state index contributed by atoms with van der Waals surface area (Å²) in [6, 6.07) is -0.505. The molecule has 0 saturated carbocycles. The lowest BCUT2D eigenvalue weighted by Crippen LogP contribution is -2.38. The molecule has 0 aliphatic rings. The molecule has 100 valence electrons. The molecule has 1 aromatic rings. The van der Waals surface area contributed by atoms with Crippen molar-refractivity contribution in [1.29, 1.82) is 0 Å². The molecule has 7 heteroatoms. The Bertz CT molecular complexity index is 402.